The average Bonchev–Trinajstić information content (AvgIpc) is 3.02. The highest BCUT2D eigenvalue weighted by Gasteiger charge is 2.17. The highest BCUT2D eigenvalue weighted by atomic mass is 32.1. The molecule has 1 aliphatic heterocycles. The lowest BCUT2D eigenvalue weighted by molar-refractivity contribution is 0.555. The van der Waals surface area contributed by atoms with Gasteiger partial charge in [0.2, 0.25) is 0 Å². The lowest BCUT2D eigenvalue weighted by Crippen LogP contribution is -2.15. The molecule has 0 fully saturated rings. The molecule has 3 heterocycles. The molecule has 1 aromatic carbocycles. The molecular weight excluding hydrogens is 280 g/mol. The zero-order valence-corrected chi connectivity index (χ0v) is 12.3. The molecule has 1 aliphatic rings. The fourth-order valence-corrected chi connectivity index (χ4v) is 3.19. The van der Waals surface area contributed by atoms with Gasteiger partial charge in [-0.2, -0.15) is 0 Å². The summed E-state index contributed by atoms with van der Waals surface area (Å²) < 4.78 is 8.45. The summed E-state index contributed by atoms with van der Waals surface area (Å²) >= 11 is 5.65. The van der Waals surface area contributed by atoms with Crippen LogP contribution in [-0.2, 0) is 6.54 Å². The van der Waals surface area contributed by atoms with E-state index >= 15 is 0 Å². The molecule has 0 saturated carbocycles. The van der Waals surface area contributed by atoms with Crippen LogP contribution in [0.4, 0.5) is 0 Å². The summed E-state index contributed by atoms with van der Waals surface area (Å²) in [5.41, 5.74) is 2.15. The van der Waals surface area contributed by atoms with E-state index in [1.807, 2.05) is 36.4 Å². The second-order valence-corrected chi connectivity index (χ2v) is 5.58. The van der Waals surface area contributed by atoms with Gasteiger partial charge in [-0.3, -0.25) is 0 Å². The molecule has 0 amide bonds. The molecule has 2 aromatic heterocycles. The Morgan fingerprint density at radius 2 is 2.10 bits per heavy atom. The number of benzene rings is 1. The van der Waals surface area contributed by atoms with Gasteiger partial charge in [0.05, 0.1) is 11.8 Å². The first-order valence-electron chi connectivity index (χ1n) is 7.07. The van der Waals surface area contributed by atoms with E-state index in [-0.39, 0.29) is 0 Å². The molecule has 0 N–H and O–H groups in total. The highest BCUT2D eigenvalue weighted by molar-refractivity contribution is 7.71. The molecule has 0 spiro atoms. The molecule has 0 unspecified atom stereocenters. The zero-order chi connectivity index (χ0) is 14.2. The van der Waals surface area contributed by atoms with Crippen LogP contribution >= 0.6 is 12.2 Å². The fraction of sp³-hybridized carbons (Fsp3) is 0.176. The molecule has 3 aromatic rings. The Morgan fingerprint density at radius 3 is 2.95 bits per heavy atom. The zero-order valence-electron chi connectivity index (χ0n) is 11.5. The summed E-state index contributed by atoms with van der Waals surface area (Å²) in [6.45, 7) is 0.932. The second-order valence-electron chi connectivity index (χ2n) is 5.20. The van der Waals surface area contributed by atoms with Crippen LogP contribution in [0.2, 0.25) is 0 Å². The Labute approximate surface area is 127 Å². The Bertz CT molecular complexity index is 891. The van der Waals surface area contributed by atoms with Crippen molar-refractivity contribution in [2.45, 2.75) is 19.4 Å². The predicted octanol–water partition coefficient (Wildman–Crippen LogP) is 4.69. The van der Waals surface area contributed by atoms with Crippen molar-refractivity contribution in [1.29, 1.82) is 0 Å². The molecule has 21 heavy (non-hydrogen) atoms. The highest BCUT2D eigenvalue weighted by Crippen LogP contribution is 2.29. The van der Waals surface area contributed by atoms with E-state index in [0.717, 1.165) is 46.5 Å². The topological polar surface area (TPSA) is 31.0 Å². The molecule has 4 rings (SSSR count). The van der Waals surface area contributed by atoms with E-state index in [0.29, 0.717) is 0 Å². The third-order valence-corrected chi connectivity index (χ3v) is 4.28. The number of hydrogen-bond donors (Lipinski definition) is 0. The monoisotopic (exact) mass is 294 g/mol. The van der Waals surface area contributed by atoms with Gasteiger partial charge in [0.15, 0.2) is 0 Å². The molecule has 0 aliphatic carbocycles. The summed E-state index contributed by atoms with van der Waals surface area (Å²) in [5, 5.41) is 1.05. The maximum Gasteiger partial charge on any atom is 0.137 e. The first kappa shape index (κ1) is 12.5. The number of hydrogen-bond acceptors (Lipinski definition) is 3. The molecule has 0 atom stereocenters. The minimum absolute atomic E-state index is 0.860. The van der Waals surface area contributed by atoms with Gasteiger partial charge in [-0.15, -0.1) is 0 Å². The van der Waals surface area contributed by atoms with Crippen LogP contribution in [0.5, 0.6) is 0 Å². The van der Waals surface area contributed by atoms with E-state index in [2.05, 4.69) is 10.6 Å². The van der Waals surface area contributed by atoms with E-state index in [1.54, 1.807) is 6.26 Å². The number of nitrogens with zero attached hydrogens (tertiary/aromatic N) is 2. The minimum atomic E-state index is 0.860. The fourth-order valence-electron chi connectivity index (χ4n) is 2.84. The molecule has 0 radical (unpaired) electrons. The number of allylic oxidation sites excluding steroid dienone is 1. The van der Waals surface area contributed by atoms with Crippen LogP contribution in [0.1, 0.15) is 24.4 Å². The van der Waals surface area contributed by atoms with Crippen molar-refractivity contribution < 1.29 is 4.42 Å². The summed E-state index contributed by atoms with van der Waals surface area (Å²) in [4.78, 5) is 4.82. The van der Waals surface area contributed by atoms with Gasteiger partial charge >= 0.3 is 0 Å². The Kier molecular flexibility index (Phi) is 2.97. The van der Waals surface area contributed by atoms with Crippen LogP contribution in [0, 0.1) is 4.64 Å². The molecular formula is C17H14N2OS. The predicted molar refractivity (Wildman–Crippen MR) is 86.4 cm³/mol. The van der Waals surface area contributed by atoms with E-state index in [1.165, 1.54) is 5.57 Å². The number of fused-ring (bicyclic) bond motifs is 2. The largest absolute Gasteiger partial charge is 0.465 e. The quantitative estimate of drug-likeness (QED) is 0.610. The number of para-hydroxylation sites is 1. The van der Waals surface area contributed by atoms with Crippen molar-refractivity contribution in [2.24, 2.45) is 0 Å². The van der Waals surface area contributed by atoms with Crippen LogP contribution in [-0.4, -0.2) is 9.55 Å². The summed E-state index contributed by atoms with van der Waals surface area (Å²) in [7, 11) is 0. The summed E-state index contributed by atoms with van der Waals surface area (Å²) in [5.74, 6) is 1.83. The van der Waals surface area contributed by atoms with Gasteiger partial charge in [-0.05, 0) is 48.8 Å². The lowest BCUT2D eigenvalue weighted by atomic mass is 10.0. The van der Waals surface area contributed by atoms with Gasteiger partial charge < -0.3 is 8.98 Å². The summed E-state index contributed by atoms with van der Waals surface area (Å²) in [6, 6.07) is 11.9. The minimum Gasteiger partial charge on any atom is -0.465 e. The first-order chi connectivity index (χ1) is 10.3. The van der Waals surface area contributed by atoms with Gasteiger partial charge in [0.25, 0.3) is 0 Å². The van der Waals surface area contributed by atoms with Gasteiger partial charge in [-0.25, -0.2) is 4.98 Å². The molecule has 104 valence electrons. The van der Waals surface area contributed by atoms with Crippen molar-refractivity contribution in [1.82, 2.24) is 9.55 Å². The number of rotatable bonds is 1. The average molecular weight is 294 g/mol. The summed E-state index contributed by atoms with van der Waals surface area (Å²) in [6.07, 6.45) is 5.84. The van der Waals surface area contributed by atoms with E-state index in [9.17, 15) is 0 Å². The molecule has 4 heteroatoms. The maximum atomic E-state index is 5.65. The van der Waals surface area contributed by atoms with Gasteiger partial charge in [0, 0.05) is 11.9 Å². The molecule has 3 nitrogen and oxygen atoms in total. The Balaban J connectivity index is 1.97. The van der Waals surface area contributed by atoms with E-state index < -0.39 is 0 Å². The van der Waals surface area contributed by atoms with E-state index in [4.69, 9.17) is 21.6 Å². The third kappa shape index (κ3) is 2.12. The number of aromatic nitrogens is 2. The van der Waals surface area contributed by atoms with Crippen LogP contribution < -0.4 is 0 Å². The third-order valence-electron chi connectivity index (χ3n) is 3.84. The molecule has 0 saturated heterocycles. The van der Waals surface area contributed by atoms with Crippen molar-refractivity contribution in [3.05, 3.63) is 58.9 Å². The maximum absolute atomic E-state index is 5.65. The van der Waals surface area contributed by atoms with Crippen LogP contribution in [0.15, 0.2) is 47.1 Å². The lowest BCUT2D eigenvalue weighted by Gasteiger charge is -2.21. The normalized spacial score (nSPS) is 16.3. The smallest absolute Gasteiger partial charge is 0.137 e. The second kappa shape index (κ2) is 4.97. The first-order valence-corrected chi connectivity index (χ1v) is 7.48. The van der Waals surface area contributed by atoms with Crippen molar-refractivity contribution in [2.75, 3.05) is 0 Å². The van der Waals surface area contributed by atoms with Crippen molar-refractivity contribution in [3.8, 4) is 0 Å². The SMILES string of the molecule is S=c1c2ccccc2nc2n1CCC/C2=C\c1ccco1. The Morgan fingerprint density at radius 1 is 1.19 bits per heavy atom. The van der Waals surface area contributed by atoms with Crippen molar-refractivity contribution >= 4 is 34.8 Å². The molecule has 0 bridgehead atoms. The van der Waals surface area contributed by atoms with Gasteiger partial charge in [0.1, 0.15) is 16.2 Å². The van der Waals surface area contributed by atoms with Crippen LogP contribution in [0.3, 0.4) is 0 Å². The Hall–Kier alpha value is -2.20. The van der Waals surface area contributed by atoms with Crippen molar-refractivity contribution in [3.63, 3.8) is 0 Å². The van der Waals surface area contributed by atoms with Gasteiger partial charge in [-0.1, -0.05) is 24.4 Å². The van der Waals surface area contributed by atoms with Crippen LogP contribution in [0.25, 0.3) is 22.6 Å². The standard InChI is InChI=1S/C17H14N2OS/c21-17-14-7-1-2-8-15(14)18-16-12(5-3-9-19(16)17)11-13-6-4-10-20-13/h1-2,4,6-8,10-11H,3,5,9H2/b12-11+. The number of furan rings is 1.